The van der Waals surface area contributed by atoms with Gasteiger partial charge < -0.3 is 9.47 Å². The molecule has 0 bridgehead atoms. The molecule has 146 valence electrons. The van der Waals surface area contributed by atoms with Gasteiger partial charge in [-0.25, -0.2) is 5.10 Å². The maximum absolute atomic E-state index is 5.59. The summed E-state index contributed by atoms with van der Waals surface area (Å²) in [6.45, 7) is 2.54. The summed E-state index contributed by atoms with van der Waals surface area (Å²) >= 11 is 5.40. The molecular formula is C22H20N4O2S. The van der Waals surface area contributed by atoms with Crippen molar-refractivity contribution in [3.05, 3.63) is 71.0 Å². The molecule has 1 aromatic heterocycles. The third-order valence-corrected chi connectivity index (χ3v) is 4.77. The number of hydrogen-bond acceptors (Lipinski definition) is 5. The topological polar surface area (TPSA) is 64.4 Å². The van der Waals surface area contributed by atoms with Crippen LogP contribution in [0, 0.1) is 4.77 Å². The molecule has 0 aliphatic heterocycles. The number of ether oxygens (including phenoxy) is 2. The Hall–Kier alpha value is -3.45. The molecule has 0 aliphatic carbocycles. The normalized spacial score (nSPS) is 11.2. The molecule has 4 rings (SSSR count). The summed E-state index contributed by atoms with van der Waals surface area (Å²) in [5.41, 5.74) is 1.73. The van der Waals surface area contributed by atoms with Crippen LogP contribution >= 0.6 is 12.2 Å². The van der Waals surface area contributed by atoms with E-state index in [2.05, 4.69) is 21.4 Å². The maximum Gasteiger partial charge on any atom is 0.216 e. The largest absolute Gasteiger partial charge is 0.496 e. The average molecular weight is 404 g/mol. The third-order valence-electron chi connectivity index (χ3n) is 4.51. The van der Waals surface area contributed by atoms with Crippen molar-refractivity contribution in [2.75, 3.05) is 13.7 Å². The summed E-state index contributed by atoms with van der Waals surface area (Å²) < 4.78 is 13.1. The molecule has 3 aromatic carbocycles. The molecule has 0 amide bonds. The minimum absolute atomic E-state index is 0.400. The fourth-order valence-electron chi connectivity index (χ4n) is 3.18. The Labute approximate surface area is 173 Å². The Bertz CT molecular complexity index is 1240. The second kappa shape index (κ2) is 8.28. The van der Waals surface area contributed by atoms with Crippen molar-refractivity contribution in [1.82, 2.24) is 14.9 Å². The molecule has 0 atom stereocenters. The molecule has 0 saturated heterocycles. The summed E-state index contributed by atoms with van der Waals surface area (Å²) in [5.74, 6) is 2.11. The Kier molecular flexibility index (Phi) is 5.39. The molecule has 0 radical (unpaired) electrons. The molecule has 7 heteroatoms. The fraction of sp³-hybridized carbons (Fsp3) is 0.136. The van der Waals surface area contributed by atoms with E-state index in [1.807, 2.05) is 61.5 Å². The number of H-pyrrole nitrogens is 1. The lowest BCUT2D eigenvalue weighted by Gasteiger charge is -2.09. The molecule has 0 spiro atoms. The van der Waals surface area contributed by atoms with E-state index in [-0.39, 0.29) is 0 Å². The quantitative estimate of drug-likeness (QED) is 0.361. The number of nitrogens with one attached hydrogen (secondary N) is 1. The second-order valence-electron chi connectivity index (χ2n) is 6.27. The van der Waals surface area contributed by atoms with E-state index in [0.29, 0.717) is 17.2 Å². The molecule has 0 aliphatic rings. The zero-order chi connectivity index (χ0) is 20.2. The highest BCUT2D eigenvalue weighted by molar-refractivity contribution is 7.71. The van der Waals surface area contributed by atoms with Gasteiger partial charge in [-0.15, -0.1) is 0 Å². The second-order valence-corrected chi connectivity index (χ2v) is 6.66. The van der Waals surface area contributed by atoms with Crippen molar-refractivity contribution >= 4 is 29.2 Å². The number of nitrogens with zero attached hydrogens (tertiary/aromatic N) is 3. The van der Waals surface area contributed by atoms with Crippen molar-refractivity contribution in [3.8, 4) is 22.9 Å². The lowest BCUT2D eigenvalue weighted by Crippen LogP contribution is -1.98. The van der Waals surface area contributed by atoms with Crippen molar-refractivity contribution in [2.24, 2.45) is 5.10 Å². The molecular weight excluding hydrogens is 384 g/mol. The molecule has 1 N–H and O–H groups in total. The zero-order valence-electron chi connectivity index (χ0n) is 16.1. The number of rotatable bonds is 6. The number of methoxy groups -OCH3 is 1. The summed E-state index contributed by atoms with van der Waals surface area (Å²) in [6.07, 6.45) is 1.75. The van der Waals surface area contributed by atoms with Crippen molar-refractivity contribution in [2.45, 2.75) is 6.92 Å². The number of aromatic amines is 1. The van der Waals surface area contributed by atoms with Crippen LogP contribution in [-0.4, -0.2) is 34.8 Å². The van der Waals surface area contributed by atoms with E-state index in [4.69, 9.17) is 21.7 Å². The van der Waals surface area contributed by atoms with Crippen LogP contribution < -0.4 is 9.47 Å². The van der Waals surface area contributed by atoms with Gasteiger partial charge in [0.05, 0.1) is 19.9 Å². The predicted octanol–water partition coefficient (Wildman–Crippen LogP) is 5.05. The lowest BCUT2D eigenvalue weighted by molar-refractivity contribution is 0.340. The summed E-state index contributed by atoms with van der Waals surface area (Å²) in [4.78, 5) is 0. The van der Waals surface area contributed by atoms with E-state index in [9.17, 15) is 0 Å². The monoisotopic (exact) mass is 404 g/mol. The van der Waals surface area contributed by atoms with Crippen LogP contribution in [0.25, 0.3) is 22.2 Å². The minimum atomic E-state index is 0.400. The highest BCUT2D eigenvalue weighted by Crippen LogP contribution is 2.27. The van der Waals surface area contributed by atoms with Crippen molar-refractivity contribution < 1.29 is 9.47 Å². The first kappa shape index (κ1) is 18.9. The van der Waals surface area contributed by atoms with E-state index in [1.54, 1.807) is 18.0 Å². The zero-order valence-corrected chi connectivity index (χ0v) is 16.9. The van der Waals surface area contributed by atoms with Gasteiger partial charge in [-0.3, -0.25) is 0 Å². The van der Waals surface area contributed by atoms with Gasteiger partial charge in [0.1, 0.15) is 11.5 Å². The first-order chi connectivity index (χ1) is 14.2. The van der Waals surface area contributed by atoms with Crippen LogP contribution in [0.3, 0.4) is 0 Å². The lowest BCUT2D eigenvalue weighted by atomic mass is 10.0. The minimum Gasteiger partial charge on any atom is -0.496 e. The molecule has 6 nitrogen and oxygen atoms in total. The molecule has 0 saturated carbocycles. The Morgan fingerprint density at radius 2 is 2.00 bits per heavy atom. The van der Waals surface area contributed by atoms with Gasteiger partial charge >= 0.3 is 0 Å². The van der Waals surface area contributed by atoms with E-state index >= 15 is 0 Å². The van der Waals surface area contributed by atoms with Gasteiger partial charge in [0.15, 0.2) is 5.82 Å². The smallest absolute Gasteiger partial charge is 0.216 e. The third kappa shape index (κ3) is 3.77. The van der Waals surface area contributed by atoms with E-state index in [0.717, 1.165) is 33.4 Å². The van der Waals surface area contributed by atoms with Crippen molar-refractivity contribution in [1.29, 1.82) is 0 Å². The highest BCUT2D eigenvalue weighted by atomic mass is 32.1. The van der Waals surface area contributed by atoms with Gasteiger partial charge in [0, 0.05) is 11.1 Å². The predicted molar refractivity (Wildman–Crippen MR) is 118 cm³/mol. The summed E-state index contributed by atoms with van der Waals surface area (Å²) in [5, 5.41) is 13.9. The standard InChI is InChI=1S/C22H20N4O2S/c1-3-28-17-9-6-8-16(13-17)21-24-25-22(29)26(21)23-14-19-18-10-5-4-7-15(18)11-12-20(19)27-2/h4-14H,3H2,1-2H3,(H,25,29). The van der Waals surface area contributed by atoms with Gasteiger partial charge in [0.2, 0.25) is 4.77 Å². The van der Waals surface area contributed by atoms with E-state index in [1.165, 1.54) is 0 Å². The number of fused-ring (bicyclic) bond motifs is 1. The van der Waals surface area contributed by atoms with Crippen molar-refractivity contribution in [3.63, 3.8) is 0 Å². The molecule has 1 heterocycles. The highest BCUT2D eigenvalue weighted by Gasteiger charge is 2.11. The van der Waals surface area contributed by atoms with Crippen LogP contribution in [0.2, 0.25) is 0 Å². The molecule has 0 unspecified atom stereocenters. The van der Waals surface area contributed by atoms with E-state index < -0.39 is 0 Å². The Morgan fingerprint density at radius 3 is 2.83 bits per heavy atom. The fourth-order valence-corrected chi connectivity index (χ4v) is 3.36. The van der Waals surface area contributed by atoms with Gasteiger partial charge in [-0.2, -0.15) is 14.9 Å². The van der Waals surface area contributed by atoms with Crippen LogP contribution in [0.15, 0.2) is 65.8 Å². The SMILES string of the molecule is CCOc1cccc(-c2n[nH]c(=S)n2N=Cc2c(OC)ccc3ccccc23)c1. The van der Waals surface area contributed by atoms with Gasteiger partial charge in [0.25, 0.3) is 0 Å². The van der Waals surface area contributed by atoms with Crippen LogP contribution in [-0.2, 0) is 0 Å². The molecule has 4 aromatic rings. The van der Waals surface area contributed by atoms with Crippen LogP contribution in [0.4, 0.5) is 0 Å². The first-order valence-corrected chi connectivity index (χ1v) is 9.63. The number of hydrogen-bond donors (Lipinski definition) is 1. The van der Waals surface area contributed by atoms with Gasteiger partial charge in [-0.1, -0.05) is 42.5 Å². The van der Waals surface area contributed by atoms with Crippen LogP contribution in [0.5, 0.6) is 11.5 Å². The Balaban J connectivity index is 1.80. The van der Waals surface area contributed by atoms with Gasteiger partial charge in [-0.05, 0) is 48.1 Å². The number of aromatic nitrogens is 3. The van der Waals surface area contributed by atoms with Crippen LogP contribution in [0.1, 0.15) is 12.5 Å². The molecule has 0 fully saturated rings. The Morgan fingerprint density at radius 1 is 1.14 bits per heavy atom. The first-order valence-electron chi connectivity index (χ1n) is 9.22. The maximum atomic E-state index is 5.59. The summed E-state index contributed by atoms with van der Waals surface area (Å²) in [6, 6.07) is 19.7. The summed E-state index contributed by atoms with van der Waals surface area (Å²) in [7, 11) is 1.65. The average Bonchev–Trinajstić information content (AvgIpc) is 3.12. The molecule has 29 heavy (non-hydrogen) atoms. The number of benzene rings is 3.